The summed E-state index contributed by atoms with van der Waals surface area (Å²) in [6, 6.07) is 4.36. The first-order chi connectivity index (χ1) is 9.47. The highest BCUT2D eigenvalue weighted by Gasteiger charge is 2.24. The highest BCUT2D eigenvalue weighted by molar-refractivity contribution is 7.98. The van der Waals surface area contributed by atoms with Gasteiger partial charge in [-0.15, -0.1) is 0 Å². The van der Waals surface area contributed by atoms with Gasteiger partial charge in [0.25, 0.3) is 11.6 Å². The topological polar surface area (TPSA) is 110 Å². The molecule has 1 aromatic rings. The molecule has 0 heterocycles. The molecule has 0 bridgehead atoms. The van der Waals surface area contributed by atoms with Crippen LogP contribution in [0.15, 0.2) is 24.3 Å². The van der Waals surface area contributed by atoms with Gasteiger partial charge in [0.2, 0.25) is 0 Å². The number of carboxylic acid groups (broad SMARTS) is 1. The maximum absolute atomic E-state index is 12.0. The molecule has 0 aliphatic carbocycles. The van der Waals surface area contributed by atoms with Crippen molar-refractivity contribution in [3.63, 3.8) is 0 Å². The molecule has 0 aromatic heterocycles. The first-order valence-corrected chi connectivity index (χ1v) is 7.12. The molecular weight excluding hydrogens is 284 g/mol. The van der Waals surface area contributed by atoms with Crippen LogP contribution in [0.25, 0.3) is 0 Å². The van der Waals surface area contributed by atoms with Gasteiger partial charge in [-0.3, -0.25) is 14.9 Å². The molecule has 0 saturated carbocycles. The van der Waals surface area contributed by atoms with E-state index in [1.807, 2.05) is 6.26 Å². The van der Waals surface area contributed by atoms with Gasteiger partial charge in [0.1, 0.15) is 11.6 Å². The zero-order valence-electron chi connectivity index (χ0n) is 10.7. The standard InChI is InChI=1S/C12H14N2O5S/c1-20-7-6-9(12(16)17)13-11(15)8-4-2-3-5-10(8)14(18)19/h2-5,9H,6-7H2,1H3,(H,13,15)(H,16,17)/t9-/m0/s1. The summed E-state index contributed by atoms with van der Waals surface area (Å²) >= 11 is 1.46. The molecule has 1 rings (SSSR count). The summed E-state index contributed by atoms with van der Waals surface area (Å²) in [7, 11) is 0. The summed E-state index contributed by atoms with van der Waals surface area (Å²) < 4.78 is 0. The van der Waals surface area contributed by atoms with E-state index in [1.54, 1.807) is 0 Å². The van der Waals surface area contributed by atoms with E-state index >= 15 is 0 Å². The predicted molar refractivity (Wildman–Crippen MR) is 75.0 cm³/mol. The van der Waals surface area contributed by atoms with Gasteiger partial charge in [-0.25, -0.2) is 4.79 Å². The molecule has 8 heteroatoms. The van der Waals surface area contributed by atoms with Gasteiger partial charge >= 0.3 is 5.97 Å². The average Bonchev–Trinajstić information content (AvgIpc) is 2.42. The lowest BCUT2D eigenvalue weighted by molar-refractivity contribution is -0.385. The number of amides is 1. The van der Waals surface area contributed by atoms with Crippen LogP contribution in [0.4, 0.5) is 5.69 Å². The average molecular weight is 298 g/mol. The minimum Gasteiger partial charge on any atom is -0.480 e. The first-order valence-electron chi connectivity index (χ1n) is 5.73. The number of nitro groups is 1. The number of carbonyl (C=O) groups excluding carboxylic acids is 1. The monoisotopic (exact) mass is 298 g/mol. The van der Waals surface area contributed by atoms with Crippen molar-refractivity contribution < 1.29 is 19.6 Å². The lowest BCUT2D eigenvalue weighted by atomic mass is 10.1. The summed E-state index contributed by atoms with van der Waals surface area (Å²) in [5.74, 6) is -1.36. The fourth-order valence-corrected chi connectivity index (χ4v) is 2.03. The van der Waals surface area contributed by atoms with E-state index in [0.717, 1.165) is 0 Å². The zero-order chi connectivity index (χ0) is 15.1. The maximum Gasteiger partial charge on any atom is 0.326 e. The van der Waals surface area contributed by atoms with Gasteiger partial charge in [0.15, 0.2) is 0 Å². The van der Waals surface area contributed by atoms with Gasteiger partial charge in [-0.05, 0) is 24.5 Å². The number of para-hydroxylation sites is 1. The molecule has 0 fully saturated rings. The van der Waals surface area contributed by atoms with Crippen LogP contribution in [0.3, 0.4) is 0 Å². The number of nitrogens with zero attached hydrogens (tertiary/aromatic N) is 1. The Bertz CT molecular complexity index is 520. The second kappa shape index (κ2) is 7.49. The third kappa shape index (κ3) is 4.23. The third-order valence-electron chi connectivity index (χ3n) is 2.56. The van der Waals surface area contributed by atoms with Crippen LogP contribution in [-0.4, -0.2) is 40.0 Å². The number of nitro benzene ring substituents is 1. The smallest absolute Gasteiger partial charge is 0.326 e. The Morgan fingerprint density at radius 3 is 2.65 bits per heavy atom. The Balaban J connectivity index is 2.89. The molecule has 0 saturated heterocycles. The first kappa shape index (κ1) is 16.0. The van der Waals surface area contributed by atoms with Crippen LogP contribution >= 0.6 is 11.8 Å². The molecule has 0 aliphatic heterocycles. The number of carbonyl (C=O) groups is 2. The summed E-state index contributed by atoms with van der Waals surface area (Å²) in [5, 5.41) is 22.1. The van der Waals surface area contributed by atoms with E-state index in [1.165, 1.54) is 36.0 Å². The van der Waals surface area contributed by atoms with Gasteiger partial charge in [0.05, 0.1) is 4.92 Å². The van der Waals surface area contributed by atoms with Crippen molar-refractivity contribution in [1.82, 2.24) is 5.32 Å². The highest BCUT2D eigenvalue weighted by Crippen LogP contribution is 2.17. The number of hydrogen-bond acceptors (Lipinski definition) is 5. The van der Waals surface area contributed by atoms with E-state index in [-0.39, 0.29) is 17.7 Å². The Morgan fingerprint density at radius 2 is 2.10 bits per heavy atom. The summed E-state index contributed by atoms with van der Waals surface area (Å²) in [6.45, 7) is 0. The van der Waals surface area contributed by atoms with E-state index in [4.69, 9.17) is 5.11 Å². The quantitative estimate of drug-likeness (QED) is 0.583. The number of thioether (sulfide) groups is 1. The lowest BCUT2D eigenvalue weighted by Gasteiger charge is -2.13. The molecule has 0 unspecified atom stereocenters. The Hall–Kier alpha value is -2.09. The normalized spacial score (nSPS) is 11.7. The third-order valence-corrected chi connectivity index (χ3v) is 3.20. The van der Waals surface area contributed by atoms with Crippen LogP contribution in [0, 0.1) is 10.1 Å². The SMILES string of the molecule is CSCC[C@H](NC(=O)c1ccccc1[N+](=O)[O-])C(=O)O. The van der Waals surface area contributed by atoms with E-state index in [0.29, 0.717) is 5.75 Å². The number of rotatable bonds is 7. The van der Waals surface area contributed by atoms with Crippen LogP contribution in [0.1, 0.15) is 16.8 Å². The molecular formula is C12H14N2O5S. The maximum atomic E-state index is 12.0. The number of nitrogens with one attached hydrogen (secondary N) is 1. The minimum absolute atomic E-state index is 0.145. The van der Waals surface area contributed by atoms with Gasteiger partial charge in [-0.2, -0.15) is 11.8 Å². The van der Waals surface area contributed by atoms with E-state index < -0.39 is 22.8 Å². The zero-order valence-corrected chi connectivity index (χ0v) is 11.6. The van der Waals surface area contributed by atoms with E-state index in [9.17, 15) is 19.7 Å². The van der Waals surface area contributed by atoms with Gasteiger partial charge in [-0.1, -0.05) is 12.1 Å². The molecule has 1 aromatic carbocycles. The molecule has 0 aliphatic rings. The predicted octanol–water partition coefficient (Wildman–Crippen LogP) is 1.53. The Morgan fingerprint density at radius 1 is 1.45 bits per heavy atom. The summed E-state index contributed by atoms with van der Waals surface area (Å²) in [5.41, 5.74) is -0.494. The minimum atomic E-state index is -1.16. The van der Waals surface area contributed by atoms with Crippen LogP contribution in [-0.2, 0) is 4.79 Å². The number of hydrogen-bond donors (Lipinski definition) is 2. The molecule has 108 valence electrons. The molecule has 2 N–H and O–H groups in total. The van der Waals surface area contributed by atoms with Crippen LogP contribution in [0.2, 0.25) is 0 Å². The fourth-order valence-electron chi connectivity index (χ4n) is 1.55. The Kier molecular flexibility index (Phi) is 5.98. The molecule has 1 atom stereocenters. The number of benzene rings is 1. The van der Waals surface area contributed by atoms with Gasteiger partial charge < -0.3 is 10.4 Å². The molecule has 7 nitrogen and oxygen atoms in total. The van der Waals surface area contributed by atoms with Crippen molar-refractivity contribution in [2.24, 2.45) is 0 Å². The van der Waals surface area contributed by atoms with E-state index in [2.05, 4.69) is 5.32 Å². The van der Waals surface area contributed by atoms with Crippen molar-refractivity contribution in [1.29, 1.82) is 0 Å². The van der Waals surface area contributed by atoms with Crippen LogP contribution in [0.5, 0.6) is 0 Å². The van der Waals surface area contributed by atoms with Crippen molar-refractivity contribution in [3.05, 3.63) is 39.9 Å². The van der Waals surface area contributed by atoms with Crippen molar-refractivity contribution in [2.45, 2.75) is 12.5 Å². The van der Waals surface area contributed by atoms with Crippen molar-refractivity contribution in [3.8, 4) is 0 Å². The van der Waals surface area contributed by atoms with Gasteiger partial charge in [0, 0.05) is 6.07 Å². The van der Waals surface area contributed by atoms with Crippen LogP contribution < -0.4 is 5.32 Å². The number of aliphatic carboxylic acids is 1. The largest absolute Gasteiger partial charge is 0.480 e. The Labute approximate surface area is 119 Å². The summed E-state index contributed by atoms with van der Waals surface area (Å²) in [6.07, 6.45) is 2.08. The van der Waals surface area contributed by atoms with Crippen molar-refractivity contribution >= 4 is 29.3 Å². The molecule has 0 spiro atoms. The second-order valence-electron chi connectivity index (χ2n) is 3.92. The second-order valence-corrected chi connectivity index (χ2v) is 4.91. The number of carboxylic acids is 1. The fraction of sp³-hybridized carbons (Fsp3) is 0.333. The molecule has 0 radical (unpaired) electrons. The lowest BCUT2D eigenvalue weighted by Crippen LogP contribution is -2.41. The van der Waals surface area contributed by atoms with Crippen molar-refractivity contribution in [2.75, 3.05) is 12.0 Å². The molecule has 20 heavy (non-hydrogen) atoms. The molecule has 1 amide bonds. The highest BCUT2D eigenvalue weighted by atomic mass is 32.2. The summed E-state index contributed by atoms with van der Waals surface area (Å²) in [4.78, 5) is 33.1.